The molecule has 1 aromatic heterocycles. The van der Waals surface area contributed by atoms with E-state index in [1.807, 2.05) is 37.5 Å². The maximum atomic E-state index is 5.69. The summed E-state index contributed by atoms with van der Waals surface area (Å²) in [6.07, 6.45) is 3.74. The largest absolute Gasteiger partial charge is 0.494 e. The lowest BCUT2D eigenvalue weighted by molar-refractivity contribution is 0.262. The molecule has 0 aliphatic rings. The molecule has 2 rings (SSSR count). The van der Waals surface area contributed by atoms with Crippen molar-refractivity contribution < 1.29 is 4.74 Å². The van der Waals surface area contributed by atoms with Gasteiger partial charge in [0.25, 0.3) is 0 Å². The second kappa shape index (κ2) is 7.65. The summed E-state index contributed by atoms with van der Waals surface area (Å²) in [7, 11) is 0. The summed E-state index contributed by atoms with van der Waals surface area (Å²) >= 11 is 0. The summed E-state index contributed by atoms with van der Waals surface area (Å²) in [6.45, 7) is 7.69. The number of hydrogen-bond donors (Lipinski definition) is 0. The van der Waals surface area contributed by atoms with Gasteiger partial charge in [-0.15, -0.1) is 0 Å². The highest BCUT2D eigenvalue weighted by Crippen LogP contribution is 2.20. The molecular formula is C17H22N2O. The Morgan fingerprint density at radius 2 is 1.90 bits per heavy atom. The first kappa shape index (κ1) is 14.5. The average molecular weight is 270 g/mol. The summed E-state index contributed by atoms with van der Waals surface area (Å²) in [5.41, 5.74) is 2.48. The molecule has 1 aromatic carbocycles. The molecule has 0 spiro atoms. The zero-order chi connectivity index (χ0) is 14.2. The van der Waals surface area contributed by atoms with Gasteiger partial charge in [-0.2, -0.15) is 0 Å². The van der Waals surface area contributed by atoms with E-state index in [1.165, 1.54) is 11.1 Å². The van der Waals surface area contributed by atoms with Gasteiger partial charge in [-0.25, -0.2) is 0 Å². The highest BCUT2D eigenvalue weighted by molar-refractivity contribution is 5.33. The van der Waals surface area contributed by atoms with Gasteiger partial charge in [-0.05, 0) is 31.2 Å². The number of nitrogens with zero attached hydrogens (tertiary/aromatic N) is 2. The Balaban J connectivity index is 2.06. The van der Waals surface area contributed by atoms with Crippen molar-refractivity contribution in [2.45, 2.75) is 26.9 Å². The zero-order valence-electron chi connectivity index (χ0n) is 12.2. The fraction of sp³-hybridized carbons (Fsp3) is 0.353. The van der Waals surface area contributed by atoms with E-state index in [2.05, 4.69) is 35.0 Å². The van der Waals surface area contributed by atoms with Crippen molar-refractivity contribution in [1.82, 2.24) is 9.88 Å². The summed E-state index contributed by atoms with van der Waals surface area (Å²) < 4.78 is 5.69. The molecule has 0 aliphatic heterocycles. The molecule has 0 atom stereocenters. The molecule has 3 heteroatoms. The van der Waals surface area contributed by atoms with Gasteiger partial charge in [-0.3, -0.25) is 9.88 Å². The minimum absolute atomic E-state index is 0.700. The topological polar surface area (TPSA) is 25.4 Å². The quantitative estimate of drug-likeness (QED) is 0.770. The fourth-order valence-electron chi connectivity index (χ4n) is 2.20. The van der Waals surface area contributed by atoms with Crippen LogP contribution < -0.4 is 4.74 Å². The van der Waals surface area contributed by atoms with Gasteiger partial charge in [0, 0.05) is 31.0 Å². The van der Waals surface area contributed by atoms with E-state index in [9.17, 15) is 0 Å². The monoisotopic (exact) mass is 270 g/mol. The van der Waals surface area contributed by atoms with E-state index in [0.717, 1.165) is 25.4 Å². The molecular weight excluding hydrogens is 248 g/mol. The highest BCUT2D eigenvalue weighted by atomic mass is 16.5. The van der Waals surface area contributed by atoms with Gasteiger partial charge < -0.3 is 4.74 Å². The number of para-hydroxylation sites is 1. The summed E-state index contributed by atoms with van der Waals surface area (Å²) in [6, 6.07) is 12.4. The van der Waals surface area contributed by atoms with Crippen molar-refractivity contribution in [2.75, 3.05) is 13.2 Å². The lowest BCUT2D eigenvalue weighted by atomic mass is 10.1. The number of ether oxygens (including phenoxy) is 1. The van der Waals surface area contributed by atoms with Crippen LogP contribution in [0.15, 0.2) is 48.8 Å². The van der Waals surface area contributed by atoms with Crippen LogP contribution >= 0.6 is 0 Å². The van der Waals surface area contributed by atoms with E-state index in [0.29, 0.717) is 6.61 Å². The van der Waals surface area contributed by atoms with Gasteiger partial charge in [-0.1, -0.05) is 31.2 Å². The van der Waals surface area contributed by atoms with Crippen LogP contribution in [0.5, 0.6) is 5.75 Å². The molecule has 0 fully saturated rings. The number of rotatable bonds is 7. The first-order valence-corrected chi connectivity index (χ1v) is 7.15. The SMILES string of the molecule is CCOc1ccccc1CN(CC)Cc1cccnc1. The van der Waals surface area contributed by atoms with Crippen molar-refractivity contribution in [3.8, 4) is 5.75 Å². The molecule has 20 heavy (non-hydrogen) atoms. The van der Waals surface area contributed by atoms with Crippen LogP contribution in [-0.2, 0) is 13.1 Å². The summed E-state index contributed by atoms with van der Waals surface area (Å²) in [5.74, 6) is 0.986. The third-order valence-corrected chi connectivity index (χ3v) is 3.24. The first-order valence-electron chi connectivity index (χ1n) is 7.15. The van der Waals surface area contributed by atoms with Crippen LogP contribution in [0, 0.1) is 0 Å². The number of benzene rings is 1. The second-order valence-corrected chi connectivity index (χ2v) is 4.71. The number of aromatic nitrogens is 1. The molecule has 106 valence electrons. The molecule has 1 heterocycles. The van der Waals surface area contributed by atoms with Crippen molar-refractivity contribution in [1.29, 1.82) is 0 Å². The van der Waals surface area contributed by atoms with Crippen molar-refractivity contribution in [3.05, 3.63) is 59.9 Å². The van der Waals surface area contributed by atoms with Gasteiger partial charge >= 0.3 is 0 Å². The van der Waals surface area contributed by atoms with E-state index >= 15 is 0 Å². The molecule has 0 bridgehead atoms. The Hall–Kier alpha value is -1.87. The van der Waals surface area contributed by atoms with Crippen LogP contribution in [0.25, 0.3) is 0 Å². The molecule has 0 unspecified atom stereocenters. The van der Waals surface area contributed by atoms with Crippen LogP contribution in [0.3, 0.4) is 0 Å². The standard InChI is InChI=1S/C17H22N2O/c1-3-19(13-15-8-7-11-18-12-15)14-16-9-5-6-10-17(16)20-4-2/h5-12H,3-4,13-14H2,1-2H3. The predicted octanol–water partition coefficient (Wildman–Crippen LogP) is 3.50. The van der Waals surface area contributed by atoms with Crippen LogP contribution in [0.1, 0.15) is 25.0 Å². The Morgan fingerprint density at radius 1 is 1.05 bits per heavy atom. The van der Waals surface area contributed by atoms with Crippen molar-refractivity contribution in [2.24, 2.45) is 0 Å². The third kappa shape index (κ3) is 4.07. The maximum Gasteiger partial charge on any atom is 0.123 e. The number of hydrogen-bond acceptors (Lipinski definition) is 3. The molecule has 2 aromatic rings. The molecule has 0 saturated carbocycles. The second-order valence-electron chi connectivity index (χ2n) is 4.71. The summed E-state index contributed by atoms with van der Waals surface area (Å²) in [4.78, 5) is 6.56. The normalized spacial score (nSPS) is 10.8. The van der Waals surface area contributed by atoms with E-state index < -0.39 is 0 Å². The predicted molar refractivity (Wildman–Crippen MR) is 81.6 cm³/mol. The Morgan fingerprint density at radius 3 is 2.60 bits per heavy atom. The van der Waals surface area contributed by atoms with Gasteiger partial charge in [0.15, 0.2) is 0 Å². The minimum atomic E-state index is 0.700. The third-order valence-electron chi connectivity index (χ3n) is 3.24. The molecule has 0 saturated heterocycles. The molecule has 0 aliphatic carbocycles. The molecule has 0 amide bonds. The van der Waals surface area contributed by atoms with Crippen molar-refractivity contribution >= 4 is 0 Å². The molecule has 3 nitrogen and oxygen atoms in total. The fourth-order valence-corrected chi connectivity index (χ4v) is 2.20. The summed E-state index contributed by atoms with van der Waals surface area (Å²) in [5, 5.41) is 0. The van der Waals surface area contributed by atoms with Crippen LogP contribution in [0.2, 0.25) is 0 Å². The highest BCUT2D eigenvalue weighted by Gasteiger charge is 2.09. The average Bonchev–Trinajstić information content (AvgIpc) is 2.50. The minimum Gasteiger partial charge on any atom is -0.494 e. The smallest absolute Gasteiger partial charge is 0.123 e. The van der Waals surface area contributed by atoms with Crippen LogP contribution in [-0.4, -0.2) is 23.0 Å². The maximum absolute atomic E-state index is 5.69. The Bertz CT molecular complexity index is 513. The zero-order valence-corrected chi connectivity index (χ0v) is 12.2. The van der Waals surface area contributed by atoms with Crippen LogP contribution in [0.4, 0.5) is 0 Å². The van der Waals surface area contributed by atoms with Gasteiger partial charge in [0.2, 0.25) is 0 Å². The van der Waals surface area contributed by atoms with E-state index in [1.54, 1.807) is 0 Å². The van der Waals surface area contributed by atoms with Crippen molar-refractivity contribution in [3.63, 3.8) is 0 Å². The molecule has 0 N–H and O–H groups in total. The lowest BCUT2D eigenvalue weighted by Gasteiger charge is -2.21. The van der Waals surface area contributed by atoms with E-state index in [4.69, 9.17) is 4.74 Å². The van der Waals surface area contributed by atoms with Gasteiger partial charge in [0.1, 0.15) is 5.75 Å². The Kier molecular flexibility index (Phi) is 5.56. The lowest BCUT2D eigenvalue weighted by Crippen LogP contribution is -2.22. The van der Waals surface area contributed by atoms with E-state index in [-0.39, 0.29) is 0 Å². The number of pyridine rings is 1. The Labute approximate surface area is 121 Å². The van der Waals surface area contributed by atoms with Gasteiger partial charge in [0.05, 0.1) is 6.61 Å². The first-order chi connectivity index (χ1) is 9.83. The molecule has 0 radical (unpaired) electrons.